The summed E-state index contributed by atoms with van der Waals surface area (Å²) in [5.41, 5.74) is 2.42. The summed E-state index contributed by atoms with van der Waals surface area (Å²) in [5.74, 6) is 0.0582. The predicted molar refractivity (Wildman–Crippen MR) is 126 cm³/mol. The van der Waals surface area contributed by atoms with Gasteiger partial charge in [-0.25, -0.2) is 8.42 Å². The van der Waals surface area contributed by atoms with E-state index in [-0.39, 0.29) is 18.2 Å². The molecule has 0 fully saturated rings. The Morgan fingerprint density at radius 1 is 0.906 bits per heavy atom. The summed E-state index contributed by atoms with van der Waals surface area (Å²) in [6.45, 7) is 0.680. The fourth-order valence-electron chi connectivity index (χ4n) is 3.29. The van der Waals surface area contributed by atoms with Crippen LogP contribution in [0.5, 0.6) is 5.75 Å². The van der Waals surface area contributed by atoms with E-state index in [1.165, 1.54) is 11.4 Å². The third kappa shape index (κ3) is 6.93. The monoisotopic (exact) mass is 452 g/mol. The molecule has 0 aliphatic rings. The molecule has 0 aliphatic heterocycles. The lowest BCUT2D eigenvalue weighted by Crippen LogP contribution is -2.38. The van der Waals surface area contributed by atoms with E-state index in [9.17, 15) is 13.2 Å². The van der Waals surface area contributed by atoms with E-state index in [1.54, 1.807) is 24.3 Å². The van der Waals surface area contributed by atoms with Gasteiger partial charge in [-0.05, 0) is 35.7 Å². The van der Waals surface area contributed by atoms with Crippen molar-refractivity contribution in [3.63, 3.8) is 0 Å². The molecule has 0 atom stereocenters. The van der Waals surface area contributed by atoms with Crippen molar-refractivity contribution in [3.05, 3.63) is 102 Å². The number of amides is 1. The van der Waals surface area contributed by atoms with E-state index in [4.69, 9.17) is 4.74 Å². The highest BCUT2D eigenvalue weighted by Gasteiger charge is 2.22. The molecule has 3 aromatic carbocycles. The molecule has 0 saturated carbocycles. The standard InChI is InChI=1S/C25H28N2O4S/c1-31-24-14-8-13-23(19-24)25(28)26-16-18-32(29,30)27(20-22-11-6-3-7-12-22)17-15-21-9-4-2-5-10-21/h2-14,19H,15-18,20H2,1H3,(H,26,28). The summed E-state index contributed by atoms with van der Waals surface area (Å²) >= 11 is 0. The number of nitrogens with one attached hydrogen (secondary N) is 1. The molecule has 0 saturated heterocycles. The molecular formula is C25H28N2O4S. The second-order valence-corrected chi connectivity index (χ2v) is 9.45. The number of benzene rings is 3. The van der Waals surface area contributed by atoms with Gasteiger partial charge >= 0.3 is 0 Å². The first-order valence-electron chi connectivity index (χ1n) is 10.5. The first kappa shape index (κ1) is 23.5. The number of carbonyl (C=O) groups excluding carboxylic acids is 1. The number of hydrogen-bond acceptors (Lipinski definition) is 4. The fourth-order valence-corrected chi connectivity index (χ4v) is 4.62. The quantitative estimate of drug-likeness (QED) is 0.483. The van der Waals surface area contributed by atoms with Gasteiger partial charge in [0.05, 0.1) is 12.9 Å². The zero-order valence-corrected chi connectivity index (χ0v) is 18.9. The van der Waals surface area contributed by atoms with Gasteiger partial charge < -0.3 is 10.1 Å². The molecule has 0 bridgehead atoms. The predicted octanol–water partition coefficient (Wildman–Crippen LogP) is 3.50. The van der Waals surface area contributed by atoms with Crippen molar-refractivity contribution in [1.82, 2.24) is 9.62 Å². The van der Waals surface area contributed by atoms with Crippen LogP contribution in [0.3, 0.4) is 0 Å². The molecule has 3 aromatic rings. The molecule has 0 spiro atoms. The van der Waals surface area contributed by atoms with Crippen molar-refractivity contribution in [2.75, 3.05) is 26.0 Å². The average molecular weight is 453 g/mol. The highest BCUT2D eigenvalue weighted by Crippen LogP contribution is 2.14. The molecule has 0 radical (unpaired) electrons. The number of sulfonamides is 1. The lowest BCUT2D eigenvalue weighted by Gasteiger charge is -2.22. The first-order chi connectivity index (χ1) is 15.5. The van der Waals surface area contributed by atoms with Crippen molar-refractivity contribution < 1.29 is 17.9 Å². The van der Waals surface area contributed by atoms with Gasteiger partial charge in [0.1, 0.15) is 5.75 Å². The van der Waals surface area contributed by atoms with Crippen LogP contribution in [0.4, 0.5) is 0 Å². The summed E-state index contributed by atoms with van der Waals surface area (Å²) in [5, 5.41) is 2.70. The molecule has 1 amide bonds. The van der Waals surface area contributed by atoms with Crippen LogP contribution in [0, 0.1) is 0 Å². The summed E-state index contributed by atoms with van der Waals surface area (Å²) in [4.78, 5) is 12.4. The van der Waals surface area contributed by atoms with Gasteiger partial charge in [0.15, 0.2) is 0 Å². The van der Waals surface area contributed by atoms with Crippen molar-refractivity contribution in [1.29, 1.82) is 0 Å². The Labute approximate surface area is 189 Å². The van der Waals surface area contributed by atoms with E-state index in [0.29, 0.717) is 30.8 Å². The van der Waals surface area contributed by atoms with Crippen LogP contribution in [0.2, 0.25) is 0 Å². The number of nitrogens with zero attached hydrogens (tertiary/aromatic N) is 1. The van der Waals surface area contributed by atoms with E-state index >= 15 is 0 Å². The normalized spacial score (nSPS) is 11.3. The van der Waals surface area contributed by atoms with Gasteiger partial charge in [0, 0.05) is 25.2 Å². The topological polar surface area (TPSA) is 75.7 Å². The Kier molecular flexibility index (Phi) is 8.41. The maximum absolute atomic E-state index is 13.1. The van der Waals surface area contributed by atoms with E-state index in [1.807, 2.05) is 60.7 Å². The Morgan fingerprint density at radius 2 is 1.56 bits per heavy atom. The Morgan fingerprint density at radius 3 is 2.22 bits per heavy atom. The zero-order valence-electron chi connectivity index (χ0n) is 18.1. The fraction of sp³-hybridized carbons (Fsp3) is 0.240. The van der Waals surface area contributed by atoms with Crippen LogP contribution >= 0.6 is 0 Å². The number of ether oxygens (including phenoxy) is 1. The van der Waals surface area contributed by atoms with E-state index < -0.39 is 10.0 Å². The molecule has 0 aliphatic carbocycles. The van der Waals surface area contributed by atoms with Gasteiger partial charge in [-0.15, -0.1) is 0 Å². The highest BCUT2D eigenvalue weighted by molar-refractivity contribution is 7.89. The van der Waals surface area contributed by atoms with Crippen LogP contribution in [0.15, 0.2) is 84.9 Å². The summed E-state index contributed by atoms with van der Waals surface area (Å²) in [7, 11) is -2.06. The minimum atomic E-state index is -3.59. The van der Waals surface area contributed by atoms with Crippen LogP contribution in [0.25, 0.3) is 0 Å². The van der Waals surface area contributed by atoms with Crippen molar-refractivity contribution in [2.24, 2.45) is 0 Å². The number of rotatable bonds is 11. The number of carbonyl (C=O) groups is 1. The SMILES string of the molecule is COc1cccc(C(=O)NCCS(=O)(=O)N(CCc2ccccc2)Cc2ccccc2)c1. The molecular weight excluding hydrogens is 424 g/mol. The minimum absolute atomic E-state index is 0.0228. The molecule has 6 nitrogen and oxygen atoms in total. The van der Waals surface area contributed by atoms with Gasteiger partial charge in [0.25, 0.3) is 5.91 Å². The third-order valence-electron chi connectivity index (χ3n) is 5.07. The van der Waals surface area contributed by atoms with E-state index in [0.717, 1.165) is 11.1 Å². The highest BCUT2D eigenvalue weighted by atomic mass is 32.2. The van der Waals surface area contributed by atoms with Crippen LogP contribution < -0.4 is 10.1 Å². The van der Waals surface area contributed by atoms with Crippen LogP contribution in [-0.4, -0.2) is 44.6 Å². The largest absolute Gasteiger partial charge is 0.497 e. The van der Waals surface area contributed by atoms with Crippen LogP contribution in [-0.2, 0) is 23.0 Å². The average Bonchev–Trinajstić information content (AvgIpc) is 2.82. The first-order valence-corrected chi connectivity index (χ1v) is 12.1. The molecule has 0 heterocycles. The maximum Gasteiger partial charge on any atom is 0.251 e. The summed E-state index contributed by atoms with van der Waals surface area (Å²) in [6.07, 6.45) is 0.614. The van der Waals surface area contributed by atoms with Gasteiger partial charge in [-0.2, -0.15) is 4.31 Å². The molecule has 0 unspecified atom stereocenters. The maximum atomic E-state index is 13.1. The van der Waals surface area contributed by atoms with Crippen LogP contribution in [0.1, 0.15) is 21.5 Å². The molecule has 0 aromatic heterocycles. The molecule has 7 heteroatoms. The molecule has 168 valence electrons. The molecule has 3 rings (SSSR count). The van der Waals surface area contributed by atoms with Gasteiger partial charge in [-0.1, -0.05) is 66.7 Å². The second-order valence-electron chi connectivity index (χ2n) is 7.36. The van der Waals surface area contributed by atoms with Gasteiger partial charge in [-0.3, -0.25) is 4.79 Å². The number of methoxy groups -OCH3 is 1. The lowest BCUT2D eigenvalue weighted by molar-refractivity contribution is 0.0955. The Bertz CT molecular complexity index is 1100. The summed E-state index contributed by atoms with van der Waals surface area (Å²) in [6, 6.07) is 26.1. The van der Waals surface area contributed by atoms with Gasteiger partial charge in [0.2, 0.25) is 10.0 Å². The second kappa shape index (κ2) is 11.5. The van der Waals surface area contributed by atoms with Crippen molar-refractivity contribution in [3.8, 4) is 5.75 Å². The summed E-state index contributed by atoms with van der Waals surface area (Å²) < 4.78 is 32.9. The lowest BCUT2D eigenvalue weighted by atomic mass is 10.1. The third-order valence-corrected chi connectivity index (χ3v) is 6.88. The Balaban J connectivity index is 1.64. The zero-order chi connectivity index (χ0) is 22.8. The number of hydrogen-bond donors (Lipinski definition) is 1. The smallest absolute Gasteiger partial charge is 0.251 e. The molecule has 32 heavy (non-hydrogen) atoms. The van der Waals surface area contributed by atoms with E-state index in [2.05, 4.69) is 5.32 Å². The Hall–Kier alpha value is -3.16. The molecule has 1 N–H and O–H groups in total. The minimum Gasteiger partial charge on any atom is -0.497 e. The van der Waals surface area contributed by atoms with Crippen molar-refractivity contribution in [2.45, 2.75) is 13.0 Å². The van der Waals surface area contributed by atoms with Crippen molar-refractivity contribution >= 4 is 15.9 Å².